The van der Waals surface area contributed by atoms with Gasteiger partial charge in [-0.05, 0) is 30.9 Å². The molecule has 1 amide bonds. The molecule has 0 saturated heterocycles. The molecule has 0 radical (unpaired) electrons. The minimum absolute atomic E-state index is 0.210. The fraction of sp³-hybridized carbons (Fsp3) is 0.261. The molecule has 3 aromatic rings. The smallest absolute Gasteiger partial charge is 0.270 e. The van der Waals surface area contributed by atoms with Gasteiger partial charge in [-0.2, -0.15) is 0 Å². The lowest BCUT2D eigenvalue weighted by molar-refractivity contribution is 0.0949. The molecule has 1 aliphatic rings. The molecule has 1 aliphatic carbocycles. The van der Waals surface area contributed by atoms with Gasteiger partial charge < -0.3 is 15.4 Å². The SMILES string of the molecule is COc1ccccc1CCNC(=O)c1cc(NC2CC2)nc(-c2ccccc2)n1. The van der Waals surface area contributed by atoms with E-state index in [9.17, 15) is 4.79 Å². The van der Waals surface area contributed by atoms with Crippen molar-refractivity contribution in [3.8, 4) is 17.1 Å². The Kier molecular flexibility index (Phi) is 5.70. The number of aromatic nitrogens is 2. The summed E-state index contributed by atoms with van der Waals surface area (Å²) in [5, 5.41) is 6.33. The average Bonchev–Trinajstić information content (AvgIpc) is 3.58. The molecule has 1 aromatic heterocycles. The van der Waals surface area contributed by atoms with E-state index in [1.165, 1.54) is 0 Å². The summed E-state index contributed by atoms with van der Waals surface area (Å²) in [5.41, 5.74) is 2.30. The molecule has 148 valence electrons. The Morgan fingerprint density at radius 3 is 2.59 bits per heavy atom. The molecule has 0 atom stereocenters. The van der Waals surface area contributed by atoms with Gasteiger partial charge in [0.15, 0.2) is 5.82 Å². The standard InChI is InChI=1S/C23H24N4O2/c1-29-20-10-6-5-7-16(20)13-14-24-23(28)19-15-21(25-18-11-12-18)27-22(26-19)17-8-3-2-4-9-17/h2-10,15,18H,11-14H2,1H3,(H,24,28)(H,25,26,27). The zero-order valence-corrected chi connectivity index (χ0v) is 16.4. The van der Waals surface area contributed by atoms with Crippen molar-refractivity contribution in [2.75, 3.05) is 19.0 Å². The number of hydrogen-bond donors (Lipinski definition) is 2. The zero-order valence-electron chi connectivity index (χ0n) is 16.4. The van der Waals surface area contributed by atoms with E-state index in [4.69, 9.17) is 4.74 Å². The molecular weight excluding hydrogens is 364 g/mol. The Morgan fingerprint density at radius 2 is 1.83 bits per heavy atom. The number of anilines is 1. The second-order valence-electron chi connectivity index (χ2n) is 7.06. The van der Waals surface area contributed by atoms with E-state index in [-0.39, 0.29) is 5.91 Å². The summed E-state index contributed by atoms with van der Waals surface area (Å²) in [5.74, 6) is 1.85. The molecule has 0 unspecified atom stereocenters. The number of benzene rings is 2. The predicted molar refractivity (Wildman–Crippen MR) is 113 cm³/mol. The van der Waals surface area contributed by atoms with Crippen molar-refractivity contribution in [3.63, 3.8) is 0 Å². The van der Waals surface area contributed by atoms with Gasteiger partial charge in [0.05, 0.1) is 7.11 Å². The fourth-order valence-electron chi connectivity index (χ4n) is 3.10. The average molecular weight is 388 g/mol. The van der Waals surface area contributed by atoms with Gasteiger partial charge in [0, 0.05) is 24.2 Å². The first-order valence-electron chi connectivity index (χ1n) is 9.84. The topological polar surface area (TPSA) is 76.1 Å². The van der Waals surface area contributed by atoms with Gasteiger partial charge in [-0.25, -0.2) is 9.97 Å². The van der Waals surface area contributed by atoms with Gasteiger partial charge in [0.1, 0.15) is 17.3 Å². The number of para-hydroxylation sites is 1. The molecule has 2 aromatic carbocycles. The number of hydrogen-bond acceptors (Lipinski definition) is 5. The van der Waals surface area contributed by atoms with E-state index in [0.717, 1.165) is 29.7 Å². The normalized spacial score (nSPS) is 13.0. The third-order valence-corrected chi connectivity index (χ3v) is 4.79. The van der Waals surface area contributed by atoms with Crippen LogP contribution in [0.3, 0.4) is 0 Å². The molecular formula is C23H24N4O2. The largest absolute Gasteiger partial charge is 0.496 e. The molecule has 0 spiro atoms. The lowest BCUT2D eigenvalue weighted by atomic mass is 10.1. The van der Waals surface area contributed by atoms with Crippen LogP contribution in [0.25, 0.3) is 11.4 Å². The monoisotopic (exact) mass is 388 g/mol. The number of ether oxygens (including phenoxy) is 1. The van der Waals surface area contributed by atoms with Gasteiger partial charge in [-0.1, -0.05) is 48.5 Å². The highest BCUT2D eigenvalue weighted by Gasteiger charge is 2.22. The summed E-state index contributed by atoms with van der Waals surface area (Å²) < 4.78 is 5.37. The minimum atomic E-state index is -0.210. The molecule has 2 N–H and O–H groups in total. The van der Waals surface area contributed by atoms with Crippen LogP contribution in [-0.2, 0) is 6.42 Å². The summed E-state index contributed by atoms with van der Waals surface area (Å²) in [7, 11) is 1.65. The van der Waals surface area contributed by atoms with Crippen LogP contribution in [0.15, 0.2) is 60.7 Å². The number of carbonyl (C=O) groups is 1. The minimum Gasteiger partial charge on any atom is -0.496 e. The first-order valence-corrected chi connectivity index (χ1v) is 9.84. The summed E-state index contributed by atoms with van der Waals surface area (Å²) in [6.07, 6.45) is 2.94. The van der Waals surface area contributed by atoms with Crippen molar-refractivity contribution in [2.24, 2.45) is 0 Å². The molecule has 1 fully saturated rings. The van der Waals surface area contributed by atoms with E-state index < -0.39 is 0 Å². The van der Waals surface area contributed by atoms with Crippen LogP contribution in [0.5, 0.6) is 5.75 Å². The van der Waals surface area contributed by atoms with E-state index in [1.54, 1.807) is 13.2 Å². The lowest BCUT2D eigenvalue weighted by Crippen LogP contribution is -2.27. The molecule has 0 bridgehead atoms. The molecule has 6 heteroatoms. The zero-order chi connectivity index (χ0) is 20.1. The Labute approximate surface area is 170 Å². The number of rotatable bonds is 8. The van der Waals surface area contributed by atoms with Crippen molar-refractivity contribution in [1.82, 2.24) is 15.3 Å². The highest BCUT2D eigenvalue weighted by atomic mass is 16.5. The van der Waals surface area contributed by atoms with Gasteiger partial charge in [0.2, 0.25) is 0 Å². The Balaban J connectivity index is 1.49. The third-order valence-electron chi connectivity index (χ3n) is 4.79. The van der Waals surface area contributed by atoms with Gasteiger partial charge in [-0.3, -0.25) is 4.79 Å². The molecule has 29 heavy (non-hydrogen) atoms. The van der Waals surface area contributed by atoms with Crippen molar-refractivity contribution in [1.29, 1.82) is 0 Å². The number of nitrogens with one attached hydrogen (secondary N) is 2. The Morgan fingerprint density at radius 1 is 1.07 bits per heavy atom. The first-order chi connectivity index (χ1) is 14.2. The van der Waals surface area contributed by atoms with E-state index >= 15 is 0 Å². The number of nitrogens with zero attached hydrogens (tertiary/aromatic N) is 2. The van der Waals surface area contributed by atoms with Crippen molar-refractivity contribution in [3.05, 3.63) is 71.9 Å². The van der Waals surface area contributed by atoms with Crippen LogP contribution in [0.4, 0.5) is 5.82 Å². The summed E-state index contributed by atoms with van der Waals surface area (Å²) in [4.78, 5) is 21.9. The van der Waals surface area contributed by atoms with Crippen LogP contribution in [-0.4, -0.2) is 35.6 Å². The highest BCUT2D eigenvalue weighted by Crippen LogP contribution is 2.25. The number of amides is 1. The van der Waals surface area contributed by atoms with Crippen molar-refractivity contribution < 1.29 is 9.53 Å². The van der Waals surface area contributed by atoms with Crippen molar-refractivity contribution in [2.45, 2.75) is 25.3 Å². The molecule has 4 rings (SSSR count). The molecule has 1 saturated carbocycles. The number of methoxy groups -OCH3 is 1. The van der Waals surface area contributed by atoms with Gasteiger partial charge >= 0.3 is 0 Å². The predicted octanol–water partition coefficient (Wildman–Crippen LogP) is 3.70. The summed E-state index contributed by atoms with van der Waals surface area (Å²) in [6, 6.07) is 19.7. The van der Waals surface area contributed by atoms with E-state index in [1.807, 2.05) is 54.6 Å². The summed E-state index contributed by atoms with van der Waals surface area (Å²) in [6.45, 7) is 0.495. The molecule has 6 nitrogen and oxygen atoms in total. The van der Waals surface area contributed by atoms with Crippen LogP contribution in [0.2, 0.25) is 0 Å². The third kappa shape index (κ3) is 4.90. The van der Waals surface area contributed by atoms with Crippen LogP contribution in [0.1, 0.15) is 28.9 Å². The summed E-state index contributed by atoms with van der Waals surface area (Å²) >= 11 is 0. The van der Waals surface area contributed by atoms with E-state index in [2.05, 4.69) is 20.6 Å². The van der Waals surface area contributed by atoms with Gasteiger partial charge in [-0.15, -0.1) is 0 Å². The van der Waals surface area contributed by atoms with Crippen LogP contribution < -0.4 is 15.4 Å². The highest BCUT2D eigenvalue weighted by molar-refractivity contribution is 5.93. The molecule has 0 aliphatic heterocycles. The fourth-order valence-corrected chi connectivity index (χ4v) is 3.10. The lowest BCUT2D eigenvalue weighted by Gasteiger charge is -2.11. The Bertz CT molecular complexity index is 987. The van der Waals surface area contributed by atoms with Crippen LogP contribution in [0, 0.1) is 0 Å². The maximum Gasteiger partial charge on any atom is 0.270 e. The number of carbonyl (C=O) groups excluding carboxylic acids is 1. The maximum atomic E-state index is 12.8. The quantitative estimate of drug-likeness (QED) is 0.615. The van der Waals surface area contributed by atoms with E-state index in [0.29, 0.717) is 36.3 Å². The first kappa shape index (κ1) is 18.9. The van der Waals surface area contributed by atoms with Crippen molar-refractivity contribution >= 4 is 11.7 Å². The van der Waals surface area contributed by atoms with Crippen LogP contribution >= 0.6 is 0 Å². The van der Waals surface area contributed by atoms with Gasteiger partial charge in [0.25, 0.3) is 5.91 Å². The Hall–Kier alpha value is -3.41. The maximum absolute atomic E-state index is 12.8. The second-order valence-corrected chi connectivity index (χ2v) is 7.06. The molecule has 1 heterocycles. The second kappa shape index (κ2) is 8.73.